The van der Waals surface area contributed by atoms with Gasteiger partial charge in [0.15, 0.2) is 11.9 Å². The van der Waals surface area contributed by atoms with Gasteiger partial charge in [-0.3, -0.25) is 9.59 Å². The monoisotopic (exact) mass is 419 g/mol. The Bertz CT molecular complexity index is 825. The lowest BCUT2D eigenvalue weighted by atomic mass is 10.1. The SMILES string of the molecule is CC[C@H](OC(=O)[C@@H](CCSC)NC(=O)c1ccccc1)C(=O)Nc1cc(C)on1. The summed E-state index contributed by atoms with van der Waals surface area (Å²) >= 11 is 1.55. The van der Waals surface area contributed by atoms with Crippen LogP contribution in [0.25, 0.3) is 0 Å². The summed E-state index contributed by atoms with van der Waals surface area (Å²) < 4.78 is 10.3. The maximum Gasteiger partial charge on any atom is 0.329 e. The van der Waals surface area contributed by atoms with E-state index in [9.17, 15) is 14.4 Å². The molecule has 0 radical (unpaired) electrons. The van der Waals surface area contributed by atoms with Crippen molar-refractivity contribution < 1.29 is 23.6 Å². The summed E-state index contributed by atoms with van der Waals surface area (Å²) in [5.74, 6) is -0.0850. The molecule has 2 atom stereocenters. The van der Waals surface area contributed by atoms with Gasteiger partial charge in [-0.05, 0) is 43.9 Å². The van der Waals surface area contributed by atoms with Gasteiger partial charge < -0.3 is 19.9 Å². The maximum absolute atomic E-state index is 12.7. The molecule has 0 aliphatic carbocycles. The number of carbonyl (C=O) groups is 3. The van der Waals surface area contributed by atoms with Crippen LogP contribution in [0.15, 0.2) is 40.9 Å². The molecule has 156 valence electrons. The Hall–Kier alpha value is -2.81. The zero-order valence-corrected chi connectivity index (χ0v) is 17.5. The Morgan fingerprint density at radius 3 is 2.55 bits per heavy atom. The average Bonchev–Trinajstić information content (AvgIpc) is 3.13. The van der Waals surface area contributed by atoms with E-state index in [2.05, 4.69) is 15.8 Å². The van der Waals surface area contributed by atoms with Crippen molar-refractivity contribution in [2.24, 2.45) is 0 Å². The van der Waals surface area contributed by atoms with Crippen LogP contribution in [0.3, 0.4) is 0 Å². The zero-order valence-electron chi connectivity index (χ0n) is 16.6. The van der Waals surface area contributed by atoms with Gasteiger partial charge in [0.05, 0.1) is 0 Å². The van der Waals surface area contributed by atoms with E-state index >= 15 is 0 Å². The number of nitrogens with zero attached hydrogens (tertiary/aromatic N) is 1. The molecule has 1 heterocycles. The summed E-state index contributed by atoms with van der Waals surface area (Å²) in [5.41, 5.74) is 0.445. The van der Waals surface area contributed by atoms with Crippen molar-refractivity contribution in [1.82, 2.24) is 10.5 Å². The second-order valence-corrected chi connectivity index (χ2v) is 7.30. The number of thioether (sulfide) groups is 1. The molecule has 0 bridgehead atoms. The molecular weight excluding hydrogens is 394 g/mol. The Balaban J connectivity index is 2.02. The molecule has 0 spiro atoms. The highest BCUT2D eigenvalue weighted by Crippen LogP contribution is 2.12. The zero-order chi connectivity index (χ0) is 21.2. The minimum Gasteiger partial charge on any atom is -0.451 e. The molecule has 1 aromatic carbocycles. The highest BCUT2D eigenvalue weighted by Gasteiger charge is 2.28. The Labute approximate surface area is 173 Å². The van der Waals surface area contributed by atoms with E-state index in [-0.39, 0.29) is 18.1 Å². The van der Waals surface area contributed by atoms with Gasteiger partial charge >= 0.3 is 5.97 Å². The molecule has 2 rings (SSSR count). The first-order valence-corrected chi connectivity index (χ1v) is 10.6. The van der Waals surface area contributed by atoms with E-state index in [4.69, 9.17) is 9.26 Å². The molecule has 2 aromatic rings. The van der Waals surface area contributed by atoms with Gasteiger partial charge in [-0.15, -0.1) is 0 Å². The van der Waals surface area contributed by atoms with Crippen LogP contribution in [0.1, 0.15) is 35.9 Å². The van der Waals surface area contributed by atoms with E-state index in [1.807, 2.05) is 6.26 Å². The quantitative estimate of drug-likeness (QED) is 0.570. The Kier molecular flexibility index (Phi) is 8.72. The molecule has 0 saturated heterocycles. The van der Waals surface area contributed by atoms with Crippen molar-refractivity contribution in [3.05, 3.63) is 47.7 Å². The molecule has 9 heteroatoms. The minimum atomic E-state index is -1.01. The number of aryl methyl sites for hydroxylation is 1. The van der Waals surface area contributed by atoms with Gasteiger partial charge in [0.2, 0.25) is 0 Å². The van der Waals surface area contributed by atoms with Crippen LogP contribution in [0.5, 0.6) is 0 Å². The van der Waals surface area contributed by atoms with Crippen LogP contribution in [0, 0.1) is 6.92 Å². The van der Waals surface area contributed by atoms with Gasteiger partial charge in [0, 0.05) is 11.6 Å². The number of anilines is 1. The molecule has 0 fully saturated rings. The predicted molar refractivity (Wildman–Crippen MR) is 111 cm³/mol. The summed E-state index contributed by atoms with van der Waals surface area (Å²) in [6.07, 6.45) is 1.56. The lowest BCUT2D eigenvalue weighted by molar-refractivity contribution is -0.156. The largest absolute Gasteiger partial charge is 0.451 e. The van der Waals surface area contributed by atoms with Crippen molar-refractivity contribution in [3.63, 3.8) is 0 Å². The fourth-order valence-corrected chi connectivity index (χ4v) is 2.96. The third kappa shape index (κ3) is 6.94. The molecule has 0 aliphatic rings. The number of rotatable bonds is 10. The number of hydrogen-bond acceptors (Lipinski definition) is 7. The fraction of sp³-hybridized carbons (Fsp3) is 0.400. The highest BCUT2D eigenvalue weighted by atomic mass is 32.2. The van der Waals surface area contributed by atoms with E-state index in [1.54, 1.807) is 62.0 Å². The molecule has 2 N–H and O–H groups in total. The van der Waals surface area contributed by atoms with Gasteiger partial charge in [0.25, 0.3) is 11.8 Å². The lowest BCUT2D eigenvalue weighted by Gasteiger charge is -2.21. The topological polar surface area (TPSA) is 111 Å². The standard InChI is InChI=1S/C20H25N3O5S/c1-4-16(19(25)22-17-12-13(2)28-23-17)27-20(26)15(10-11-29-3)21-18(24)14-8-6-5-7-9-14/h5-9,12,15-16H,4,10-11H2,1-3H3,(H,21,24)(H,22,23,25)/t15-,16+/m1/s1. The molecule has 0 aliphatic heterocycles. The molecule has 8 nitrogen and oxygen atoms in total. The van der Waals surface area contributed by atoms with E-state index in [0.29, 0.717) is 23.5 Å². The van der Waals surface area contributed by atoms with Crippen molar-refractivity contribution >= 4 is 35.4 Å². The molecule has 29 heavy (non-hydrogen) atoms. The lowest BCUT2D eigenvalue weighted by Crippen LogP contribution is -2.45. The second kappa shape index (κ2) is 11.3. The number of aromatic nitrogens is 1. The number of ether oxygens (including phenoxy) is 1. The van der Waals surface area contributed by atoms with Gasteiger partial charge in [-0.25, -0.2) is 4.79 Å². The Morgan fingerprint density at radius 2 is 1.97 bits per heavy atom. The van der Waals surface area contributed by atoms with Gasteiger partial charge in [-0.1, -0.05) is 30.3 Å². The molecule has 2 amide bonds. The Morgan fingerprint density at radius 1 is 1.24 bits per heavy atom. The van der Waals surface area contributed by atoms with Crippen LogP contribution in [0.2, 0.25) is 0 Å². The fourth-order valence-electron chi connectivity index (χ4n) is 2.49. The third-order valence-electron chi connectivity index (χ3n) is 4.04. The van der Waals surface area contributed by atoms with Crippen molar-refractivity contribution in [2.75, 3.05) is 17.3 Å². The van der Waals surface area contributed by atoms with Gasteiger partial charge in [-0.2, -0.15) is 11.8 Å². The number of hydrogen-bond donors (Lipinski definition) is 2. The van der Waals surface area contributed by atoms with Crippen molar-refractivity contribution in [3.8, 4) is 0 Å². The second-order valence-electron chi connectivity index (χ2n) is 6.32. The van der Waals surface area contributed by atoms with E-state index in [1.165, 1.54) is 0 Å². The number of esters is 1. The van der Waals surface area contributed by atoms with Crippen LogP contribution in [-0.4, -0.2) is 47.1 Å². The van der Waals surface area contributed by atoms with Crippen molar-refractivity contribution in [1.29, 1.82) is 0 Å². The summed E-state index contributed by atoms with van der Waals surface area (Å²) in [6.45, 7) is 3.43. The van der Waals surface area contributed by atoms with E-state index < -0.39 is 24.0 Å². The summed E-state index contributed by atoms with van der Waals surface area (Å²) in [7, 11) is 0. The molecule has 1 aromatic heterocycles. The molecule has 0 unspecified atom stereocenters. The predicted octanol–water partition coefficient (Wildman–Crippen LogP) is 2.80. The smallest absolute Gasteiger partial charge is 0.329 e. The van der Waals surface area contributed by atoms with Crippen LogP contribution < -0.4 is 10.6 Å². The number of nitrogens with one attached hydrogen (secondary N) is 2. The first-order valence-electron chi connectivity index (χ1n) is 9.24. The highest BCUT2D eigenvalue weighted by molar-refractivity contribution is 7.98. The first-order chi connectivity index (χ1) is 13.9. The normalized spacial score (nSPS) is 12.7. The first kappa shape index (κ1) is 22.5. The van der Waals surface area contributed by atoms with E-state index in [0.717, 1.165) is 0 Å². The van der Waals surface area contributed by atoms with Crippen LogP contribution in [0.4, 0.5) is 5.82 Å². The van der Waals surface area contributed by atoms with Crippen LogP contribution in [-0.2, 0) is 14.3 Å². The van der Waals surface area contributed by atoms with Crippen LogP contribution >= 0.6 is 11.8 Å². The third-order valence-corrected chi connectivity index (χ3v) is 4.68. The summed E-state index contributed by atoms with van der Waals surface area (Å²) in [6, 6.07) is 9.32. The minimum absolute atomic E-state index is 0.248. The van der Waals surface area contributed by atoms with Crippen molar-refractivity contribution in [2.45, 2.75) is 38.8 Å². The average molecular weight is 420 g/mol. The molecular formula is C20H25N3O5S. The number of amides is 2. The number of benzene rings is 1. The van der Waals surface area contributed by atoms with Gasteiger partial charge in [0.1, 0.15) is 11.8 Å². The summed E-state index contributed by atoms with van der Waals surface area (Å²) in [5, 5.41) is 8.95. The number of carbonyl (C=O) groups excluding carboxylic acids is 3. The maximum atomic E-state index is 12.7. The summed E-state index contributed by atoms with van der Waals surface area (Å²) in [4.78, 5) is 37.5. The molecule has 0 saturated carbocycles.